The lowest BCUT2D eigenvalue weighted by molar-refractivity contribution is 0.660. The molecule has 1 aliphatic rings. The highest BCUT2D eigenvalue weighted by atomic mass is 15.0. The molecule has 0 spiro atoms. The first kappa shape index (κ1) is 63.4. The second-order valence-electron chi connectivity index (χ2n) is 29.6. The summed E-state index contributed by atoms with van der Waals surface area (Å²) in [5, 5.41) is 10.0. The first-order valence-electron chi connectivity index (χ1n) is 37.8. The molecule has 17 aromatic carbocycles. The average Bonchev–Trinajstić information content (AvgIpc) is 1.59. The van der Waals surface area contributed by atoms with Gasteiger partial charge < -0.3 is 18.3 Å². The fourth-order valence-corrected chi connectivity index (χ4v) is 17.7. The first-order valence-corrected chi connectivity index (χ1v) is 37.8. The van der Waals surface area contributed by atoms with E-state index in [1.54, 1.807) is 0 Å². The second-order valence-corrected chi connectivity index (χ2v) is 29.6. The lowest BCUT2D eigenvalue weighted by Crippen LogP contribution is -2.15. The third kappa shape index (κ3) is 10.6. The van der Waals surface area contributed by atoms with Gasteiger partial charge >= 0.3 is 0 Å². The number of rotatable bonds is 10. The van der Waals surface area contributed by atoms with E-state index in [1.807, 2.05) is 0 Å². The molecule has 0 radical (unpaired) electrons. The maximum Gasteiger partial charge on any atom is 0.0541 e. The van der Waals surface area contributed by atoms with Crippen molar-refractivity contribution < 1.29 is 0 Å². The van der Waals surface area contributed by atoms with Crippen LogP contribution in [-0.4, -0.2) is 18.3 Å². The summed E-state index contributed by atoms with van der Waals surface area (Å²) in [6.07, 6.45) is 0. The Hall–Kier alpha value is -14.1. The predicted molar refractivity (Wildman–Crippen MR) is 460 cm³/mol. The molecule has 21 aromatic rings. The van der Waals surface area contributed by atoms with Gasteiger partial charge in [0, 0.05) is 71.3 Å². The van der Waals surface area contributed by atoms with Crippen molar-refractivity contribution in [1.82, 2.24) is 18.3 Å². The van der Waals surface area contributed by atoms with E-state index in [-0.39, 0.29) is 5.41 Å². The third-order valence-corrected chi connectivity index (χ3v) is 23.1. The molecule has 0 aliphatic heterocycles. The number of aromatic nitrogens is 4. The molecule has 22 rings (SSSR count). The van der Waals surface area contributed by atoms with Crippen LogP contribution < -0.4 is 0 Å². The van der Waals surface area contributed by atoms with Gasteiger partial charge in [-0.15, -0.1) is 0 Å². The maximum atomic E-state index is 2.45. The SMILES string of the molecule is CC1(C)c2ccccc2-c2ccc(-n3c4ccccc4c4cc(-c5ccc6c(c5)c5ccccc5n6-c5ccc(-c6ccccc6)cc5)ccc43)cc21.c1ccc(-c2ccc(-n3c4ccccc4c4cc(-c5ccc6c(c5)c5cc(-c7ccccc7)ccc5n6-c5ccc(-c6ccccc6)cc5)ccc43)cc2)cc1. The van der Waals surface area contributed by atoms with E-state index in [9.17, 15) is 0 Å². The Morgan fingerprint density at radius 3 is 0.734 bits per heavy atom. The molecule has 0 fully saturated rings. The molecule has 0 saturated heterocycles. The molecule has 4 heterocycles. The van der Waals surface area contributed by atoms with E-state index >= 15 is 0 Å². The van der Waals surface area contributed by atoms with Crippen LogP contribution >= 0.6 is 0 Å². The van der Waals surface area contributed by atoms with Crippen LogP contribution in [0.5, 0.6) is 0 Å². The molecule has 0 unspecified atom stereocenters. The van der Waals surface area contributed by atoms with Gasteiger partial charge in [-0.2, -0.15) is 0 Å². The number of fused-ring (bicyclic) bond motifs is 15. The molecule has 1 aliphatic carbocycles. The van der Waals surface area contributed by atoms with Gasteiger partial charge in [0.15, 0.2) is 0 Å². The second kappa shape index (κ2) is 25.6. The van der Waals surface area contributed by atoms with Gasteiger partial charge in [-0.1, -0.05) is 287 Å². The van der Waals surface area contributed by atoms with Crippen molar-refractivity contribution in [3.05, 3.63) is 412 Å². The summed E-state index contributed by atoms with van der Waals surface area (Å²) in [6, 6.07) is 146. The zero-order valence-electron chi connectivity index (χ0n) is 60.4. The van der Waals surface area contributed by atoms with Gasteiger partial charge in [0.1, 0.15) is 0 Å². The maximum absolute atomic E-state index is 2.45. The number of benzene rings is 17. The van der Waals surface area contributed by atoms with Crippen molar-refractivity contribution in [2.75, 3.05) is 0 Å². The largest absolute Gasteiger partial charge is 0.309 e. The molecular weight excluding hydrogens is 1320 g/mol. The molecule has 0 N–H and O–H groups in total. The van der Waals surface area contributed by atoms with Gasteiger partial charge in [0.2, 0.25) is 0 Å². The highest BCUT2D eigenvalue weighted by molar-refractivity contribution is 6.15. The first-order chi connectivity index (χ1) is 53.8. The Morgan fingerprint density at radius 1 is 0.156 bits per heavy atom. The molecule has 4 nitrogen and oxygen atoms in total. The van der Waals surface area contributed by atoms with Gasteiger partial charge in [-0.05, 0) is 216 Å². The molecule has 4 aromatic heterocycles. The van der Waals surface area contributed by atoms with Crippen molar-refractivity contribution in [3.8, 4) is 101 Å². The fourth-order valence-electron chi connectivity index (χ4n) is 17.7. The van der Waals surface area contributed by atoms with Crippen molar-refractivity contribution in [2.45, 2.75) is 19.3 Å². The summed E-state index contributed by atoms with van der Waals surface area (Å²) in [5.41, 5.74) is 34.4. The Morgan fingerprint density at radius 2 is 0.385 bits per heavy atom. The van der Waals surface area contributed by atoms with Crippen LogP contribution in [0, 0.1) is 0 Å². The van der Waals surface area contributed by atoms with Crippen molar-refractivity contribution in [3.63, 3.8) is 0 Å². The molecule has 0 bridgehead atoms. The smallest absolute Gasteiger partial charge is 0.0541 e. The monoisotopic (exact) mass is 1390 g/mol. The highest BCUT2D eigenvalue weighted by Crippen LogP contribution is 2.50. The Labute approximate surface area is 632 Å². The molecule has 512 valence electrons. The molecule has 0 amide bonds. The van der Waals surface area contributed by atoms with Crippen LogP contribution in [0.25, 0.3) is 188 Å². The van der Waals surface area contributed by atoms with E-state index in [4.69, 9.17) is 0 Å². The zero-order chi connectivity index (χ0) is 72.3. The summed E-state index contributed by atoms with van der Waals surface area (Å²) in [7, 11) is 0. The van der Waals surface area contributed by atoms with E-state index in [0.717, 1.165) is 17.1 Å². The summed E-state index contributed by atoms with van der Waals surface area (Å²) in [5.74, 6) is 0. The average molecular weight is 1390 g/mol. The van der Waals surface area contributed by atoms with Crippen LogP contribution in [0.15, 0.2) is 400 Å². The van der Waals surface area contributed by atoms with E-state index in [0.29, 0.717) is 0 Å². The van der Waals surface area contributed by atoms with E-state index in [2.05, 4.69) is 432 Å². The lowest BCUT2D eigenvalue weighted by Gasteiger charge is -2.22. The topological polar surface area (TPSA) is 19.7 Å². The Balaban J connectivity index is 0.000000139. The van der Waals surface area contributed by atoms with Crippen molar-refractivity contribution in [2.24, 2.45) is 0 Å². The Bertz CT molecular complexity index is 7120. The Kier molecular flexibility index (Phi) is 14.9. The van der Waals surface area contributed by atoms with Crippen LogP contribution in [-0.2, 0) is 5.41 Å². The zero-order valence-corrected chi connectivity index (χ0v) is 60.4. The minimum Gasteiger partial charge on any atom is -0.309 e. The molecule has 0 saturated carbocycles. The summed E-state index contributed by atoms with van der Waals surface area (Å²) >= 11 is 0. The van der Waals surface area contributed by atoms with Crippen LogP contribution in [0.4, 0.5) is 0 Å². The van der Waals surface area contributed by atoms with Gasteiger partial charge in [0.25, 0.3) is 0 Å². The van der Waals surface area contributed by atoms with E-state index < -0.39 is 0 Å². The minimum atomic E-state index is -0.0543. The lowest BCUT2D eigenvalue weighted by atomic mass is 9.82. The minimum absolute atomic E-state index is 0.0543. The number of para-hydroxylation sites is 3. The van der Waals surface area contributed by atoms with Crippen LogP contribution in [0.2, 0.25) is 0 Å². The van der Waals surface area contributed by atoms with Crippen molar-refractivity contribution in [1.29, 1.82) is 0 Å². The fraction of sp³-hybridized carbons (Fsp3) is 0.0286. The predicted octanol–water partition coefficient (Wildman–Crippen LogP) is 28.1. The van der Waals surface area contributed by atoms with E-state index in [1.165, 1.54) is 182 Å². The number of nitrogens with zero attached hydrogens (tertiary/aromatic N) is 4. The molecule has 0 atom stereocenters. The standard InChI is InChI=1S/C54H36N2.C51H36N2/c1-4-12-37(13-5-1)40-20-27-45(28-21-40)55-51-19-11-10-18-47(51)48-35-43(25-32-52(48)55)44-26-33-54-50(36-44)49-34-42(39-16-8-3-9-17-39)24-31-53(49)56(54)46-29-22-41(23-30-46)38-14-6-2-7-15-38;1-51(2)45-17-9-6-14-39(45)40-27-26-38(32-46(40)51)53-48-19-11-8-16-42(48)44-31-36(23-29-50(44)53)35-22-28-49-43(30-35)41-15-7-10-18-47(41)52(49)37-24-20-34(21-25-37)33-12-4-3-5-13-33/h1-36H;3-32H,1-2H3. The summed E-state index contributed by atoms with van der Waals surface area (Å²) < 4.78 is 9.66. The summed E-state index contributed by atoms with van der Waals surface area (Å²) in [4.78, 5) is 0. The van der Waals surface area contributed by atoms with Gasteiger partial charge in [-0.25, -0.2) is 0 Å². The summed E-state index contributed by atoms with van der Waals surface area (Å²) in [6.45, 7) is 4.71. The molecule has 109 heavy (non-hydrogen) atoms. The highest BCUT2D eigenvalue weighted by Gasteiger charge is 2.36. The quantitative estimate of drug-likeness (QED) is 0.130. The molecular formula is C105H72N4. The number of hydrogen-bond acceptors (Lipinski definition) is 0. The third-order valence-electron chi connectivity index (χ3n) is 23.1. The normalized spacial score (nSPS) is 12.4. The van der Waals surface area contributed by atoms with Crippen LogP contribution in [0.1, 0.15) is 25.0 Å². The van der Waals surface area contributed by atoms with Crippen LogP contribution in [0.3, 0.4) is 0 Å². The van der Waals surface area contributed by atoms with Crippen molar-refractivity contribution >= 4 is 87.2 Å². The van der Waals surface area contributed by atoms with Gasteiger partial charge in [-0.3, -0.25) is 0 Å². The number of hydrogen-bond donors (Lipinski definition) is 0. The molecule has 4 heteroatoms. The van der Waals surface area contributed by atoms with Gasteiger partial charge in [0.05, 0.1) is 44.1 Å².